The van der Waals surface area contributed by atoms with E-state index in [0.29, 0.717) is 38.3 Å². The van der Waals surface area contributed by atoms with E-state index >= 15 is 0 Å². The number of anilines is 1. The molecule has 8 heteroatoms. The standard InChI is InChI=1S/C22H27N5O3/c1-15-23-8-7-19(24-15)27-13-22(14-27,11-16-5-4-6-18(9-16)30-3)21(29)25-17-10-20(28)26(2)12-17/h4-9,17H,10-14H2,1-3H3,(H,25,29). The van der Waals surface area contributed by atoms with Crippen LogP contribution in [-0.4, -0.2) is 66.5 Å². The molecule has 0 aliphatic carbocycles. The van der Waals surface area contributed by atoms with E-state index in [1.165, 1.54) is 0 Å². The number of ether oxygens (including phenoxy) is 1. The number of aromatic nitrogens is 2. The number of hydrogen-bond acceptors (Lipinski definition) is 6. The monoisotopic (exact) mass is 409 g/mol. The Labute approximate surface area is 176 Å². The van der Waals surface area contributed by atoms with Crippen molar-refractivity contribution in [3.63, 3.8) is 0 Å². The van der Waals surface area contributed by atoms with Gasteiger partial charge in [-0.1, -0.05) is 12.1 Å². The van der Waals surface area contributed by atoms with E-state index in [4.69, 9.17) is 4.74 Å². The highest BCUT2D eigenvalue weighted by molar-refractivity contribution is 5.88. The fourth-order valence-electron chi connectivity index (χ4n) is 4.27. The average molecular weight is 409 g/mol. The quantitative estimate of drug-likeness (QED) is 0.771. The maximum atomic E-state index is 13.4. The number of nitrogens with one attached hydrogen (secondary N) is 1. The molecule has 2 fully saturated rings. The molecule has 0 bridgehead atoms. The zero-order valence-electron chi connectivity index (χ0n) is 17.6. The largest absolute Gasteiger partial charge is 0.497 e. The predicted molar refractivity (Wildman–Crippen MR) is 112 cm³/mol. The van der Waals surface area contributed by atoms with E-state index in [9.17, 15) is 9.59 Å². The van der Waals surface area contributed by atoms with Gasteiger partial charge in [-0.15, -0.1) is 0 Å². The lowest BCUT2D eigenvalue weighted by Gasteiger charge is -2.50. The van der Waals surface area contributed by atoms with Gasteiger partial charge in [0.2, 0.25) is 11.8 Å². The molecule has 2 aromatic rings. The van der Waals surface area contributed by atoms with Gasteiger partial charge in [0.05, 0.1) is 18.6 Å². The number of benzene rings is 1. The smallest absolute Gasteiger partial charge is 0.230 e. The van der Waals surface area contributed by atoms with Crippen molar-refractivity contribution in [2.24, 2.45) is 5.41 Å². The summed E-state index contributed by atoms with van der Waals surface area (Å²) in [5.74, 6) is 2.35. The van der Waals surface area contributed by atoms with Crippen LogP contribution < -0.4 is 15.0 Å². The molecule has 4 rings (SSSR count). The first-order valence-electron chi connectivity index (χ1n) is 10.1. The van der Waals surface area contributed by atoms with E-state index in [-0.39, 0.29) is 17.9 Å². The Bertz CT molecular complexity index is 957. The highest BCUT2D eigenvalue weighted by atomic mass is 16.5. The summed E-state index contributed by atoms with van der Waals surface area (Å²) in [4.78, 5) is 37.7. The highest BCUT2D eigenvalue weighted by Gasteiger charge is 2.50. The number of likely N-dealkylation sites (tertiary alicyclic amines) is 1. The van der Waals surface area contributed by atoms with Gasteiger partial charge in [-0.2, -0.15) is 0 Å². The van der Waals surface area contributed by atoms with Crippen LogP contribution in [0.2, 0.25) is 0 Å². The number of carbonyl (C=O) groups excluding carboxylic acids is 2. The number of likely N-dealkylation sites (N-methyl/N-ethyl adjacent to an activating group) is 1. The van der Waals surface area contributed by atoms with Gasteiger partial charge < -0.3 is 19.9 Å². The summed E-state index contributed by atoms with van der Waals surface area (Å²) in [6.45, 7) is 3.52. The first-order chi connectivity index (χ1) is 14.4. The molecule has 1 atom stereocenters. The van der Waals surface area contributed by atoms with Gasteiger partial charge in [0, 0.05) is 39.3 Å². The second-order valence-electron chi connectivity index (χ2n) is 8.28. The third-order valence-corrected chi connectivity index (χ3v) is 5.91. The molecule has 0 saturated carbocycles. The Kier molecular flexibility index (Phi) is 5.32. The average Bonchev–Trinajstić information content (AvgIpc) is 3.01. The van der Waals surface area contributed by atoms with Crippen LogP contribution in [0.25, 0.3) is 0 Å². The normalized spacial score (nSPS) is 20.1. The lowest BCUT2D eigenvalue weighted by atomic mass is 9.73. The minimum Gasteiger partial charge on any atom is -0.497 e. The summed E-state index contributed by atoms with van der Waals surface area (Å²) in [7, 11) is 3.40. The first kappa shape index (κ1) is 20.1. The topological polar surface area (TPSA) is 87.7 Å². The third-order valence-electron chi connectivity index (χ3n) is 5.91. The molecule has 2 aliphatic heterocycles. The zero-order chi connectivity index (χ0) is 21.3. The molecule has 30 heavy (non-hydrogen) atoms. The van der Waals surface area contributed by atoms with Crippen LogP contribution in [0.3, 0.4) is 0 Å². The Morgan fingerprint density at radius 3 is 2.80 bits per heavy atom. The second kappa shape index (κ2) is 7.93. The highest BCUT2D eigenvalue weighted by Crippen LogP contribution is 2.38. The maximum absolute atomic E-state index is 13.4. The number of nitrogens with zero attached hydrogens (tertiary/aromatic N) is 4. The minimum absolute atomic E-state index is 0.0135. The summed E-state index contributed by atoms with van der Waals surface area (Å²) < 4.78 is 5.35. The summed E-state index contributed by atoms with van der Waals surface area (Å²) in [6.07, 6.45) is 2.68. The molecule has 8 nitrogen and oxygen atoms in total. The van der Waals surface area contributed by atoms with Crippen LogP contribution in [0, 0.1) is 12.3 Å². The molecular formula is C22H27N5O3. The summed E-state index contributed by atoms with van der Waals surface area (Å²) in [5, 5.41) is 3.12. The number of hydrogen-bond donors (Lipinski definition) is 1. The van der Waals surface area contributed by atoms with Crippen molar-refractivity contribution in [2.75, 3.05) is 38.7 Å². The molecule has 3 heterocycles. The number of methoxy groups -OCH3 is 1. The number of rotatable bonds is 6. The molecule has 1 aromatic heterocycles. The molecule has 2 aliphatic rings. The Morgan fingerprint density at radius 1 is 1.33 bits per heavy atom. The molecule has 0 radical (unpaired) electrons. The predicted octanol–water partition coefficient (Wildman–Crippen LogP) is 1.19. The van der Waals surface area contributed by atoms with E-state index in [1.807, 2.05) is 37.3 Å². The van der Waals surface area contributed by atoms with Crippen molar-refractivity contribution in [2.45, 2.75) is 25.8 Å². The van der Waals surface area contributed by atoms with Crippen molar-refractivity contribution >= 4 is 17.6 Å². The molecule has 0 spiro atoms. The minimum atomic E-state index is -0.588. The molecule has 158 valence electrons. The van der Waals surface area contributed by atoms with Crippen molar-refractivity contribution < 1.29 is 14.3 Å². The van der Waals surface area contributed by atoms with Crippen molar-refractivity contribution in [3.8, 4) is 5.75 Å². The molecule has 2 saturated heterocycles. The SMILES string of the molecule is COc1cccc(CC2(C(=O)NC3CC(=O)N(C)C3)CN(c3ccnc(C)n3)C2)c1. The molecule has 2 amide bonds. The fourth-order valence-corrected chi connectivity index (χ4v) is 4.27. The van der Waals surface area contributed by atoms with Crippen molar-refractivity contribution in [3.05, 3.63) is 47.9 Å². The van der Waals surface area contributed by atoms with Crippen molar-refractivity contribution in [1.29, 1.82) is 0 Å². The van der Waals surface area contributed by atoms with Crippen LogP contribution in [-0.2, 0) is 16.0 Å². The van der Waals surface area contributed by atoms with Gasteiger partial charge in [0.25, 0.3) is 0 Å². The lowest BCUT2D eigenvalue weighted by Crippen LogP contribution is -2.65. The van der Waals surface area contributed by atoms with Gasteiger partial charge in [-0.05, 0) is 37.1 Å². The van der Waals surface area contributed by atoms with Crippen LogP contribution in [0.1, 0.15) is 17.8 Å². The third kappa shape index (κ3) is 3.94. The maximum Gasteiger partial charge on any atom is 0.230 e. The van der Waals surface area contributed by atoms with E-state index in [2.05, 4.69) is 20.2 Å². The zero-order valence-corrected chi connectivity index (χ0v) is 17.6. The van der Waals surface area contributed by atoms with Crippen LogP contribution in [0.15, 0.2) is 36.5 Å². The number of amides is 2. The van der Waals surface area contributed by atoms with Gasteiger partial charge in [0.1, 0.15) is 17.4 Å². The van der Waals surface area contributed by atoms with Gasteiger partial charge in [-0.3, -0.25) is 9.59 Å². The van der Waals surface area contributed by atoms with E-state index < -0.39 is 5.41 Å². The van der Waals surface area contributed by atoms with Crippen LogP contribution >= 0.6 is 0 Å². The van der Waals surface area contributed by atoms with Gasteiger partial charge in [-0.25, -0.2) is 9.97 Å². The molecular weight excluding hydrogens is 382 g/mol. The Hall–Kier alpha value is -3.16. The summed E-state index contributed by atoms with van der Waals surface area (Å²) >= 11 is 0. The van der Waals surface area contributed by atoms with Gasteiger partial charge >= 0.3 is 0 Å². The fraction of sp³-hybridized carbons (Fsp3) is 0.455. The molecule has 1 aromatic carbocycles. The van der Waals surface area contributed by atoms with E-state index in [0.717, 1.165) is 17.1 Å². The molecule has 1 unspecified atom stereocenters. The van der Waals surface area contributed by atoms with Gasteiger partial charge in [0.15, 0.2) is 0 Å². The van der Waals surface area contributed by atoms with Crippen molar-refractivity contribution in [1.82, 2.24) is 20.2 Å². The lowest BCUT2D eigenvalue weighted by molar-refractivity contribution is -0.133. The summed E-state index contributed by atoms with van der Waals surface area (Å²) in [6, 6.07) is 9.54. The number of aryl methyl sites for hydroxylation is 1. The number of carbonyl (C=O) groups is 2. The first-order valence-corrected chi connectivity index (χ1v) is 10.1. The second-order valence-corrected chi connectivity index (χ2v) is 8.28. The Morgan fingerprint density at radius 2 is 2.13 bits per heavy atom. The van der Waals surface area contributed by atoms with Crippen LogP contribution in [0.5, 0.6) is 5.75 Å². The van der Waals surface area contributed by atoms with E-state index in [1.54, 1.807) is 25.3 Å². The summed E-state index contributed by atoms with van der Waals surface area (Å²) in [5.41, 5.74) is 0.456. The Balaban J connectivity index is 1.54. The molecule has 1 N–H and O–H groups in total. The van der Waals surface area contributed by atoms with Crippen LogP contribution in [0.4, 0.5) is 5.82 Å².